The second-order valence-corrected chi connectivity index (χ2v) is 6.12. The number of rotatable bonds is 14. The third-order valence-corrected chi connectivity index (χ3v) is 3.93. The highest BCUT2D eigenvalue weighted by Crippen LogP contribution is 2.29. The number of epoxide rings is 1. The van der Waals surface area contributed by atoms with Gasteiger partial charge in [0.2, 0.25) is 0 Å². The van der Waals surface area contributed by atoms with Gasteiger partial charge >= 0.3 is 5.97 Å². The topological polar surface area (TPSA) is 49.8 Å². The van der Waals surface area contributed by atoms with E-state index in [-0.39, 0.29) is 6.42 Å². The van der Waals surface area contributed by atoms with Gasteiger partial charge in [-0.05, 0) is 44.9 Å². The molecule has 0 amide bonds. The second-order valence-electron chi connectivity index (χ2n) is 6.12. The number of hydrogen-bond donors (Lipinski definition) is 1. The minimum absolute atomic E-state index is 0.258. The summed E-state index contributed by atoms with van der Waals surface area (Å²) < 4.78 is 5.65. The Morgan fingerprint density at radius 1 is 0.913 bits per heavy atom. The third-order valence-electron chi connectivity index (χ3n) is 3.93. The fourth-order valence-electron chi connectivity index (χ4n) is 2.44. The summed E-state index contributed by atoms with van der Waals surface area (Å²) in [5.41, 5.74) is 0. The number of allylic oxidation sites excluding steroid dienone is 4. The van der Waals surface area contributed by atoms with E-state index >= 15 is 0 Å². The minimum atomic E-state index is -0.715. The van der Waals surface area contributed by atoms with Gasteiger partial charge in [-0.15, -0.1) is 0 Å². The Bertz CT molecular complexity index is 396. The SMILES string of the molecule is CCCCC/C=C\C[C@H]1O[C@@H]1C/C=C\C/C=C\CCCC(=O)O. The number of unbranched alkanes of at least 4 members (excludes halogenated alkanes) is 4. The average molecular weight is 320 g/mol. The van der Waals surface area contributed by atoms with Crippen LogP contribution in [-0.2, 0) is 9.53 Å². The zero-order chi connectivity index (χ0) is 16.8. The van der Waals surface area contributed by atoms with E-state index in [9.17, 15) is 4.79 Å². The Kier molecular flexibility index (Phi) is 11.2. The van der Waals surface area contributed by atoms with Crippen LogP contribution in [-0.4, -0.2) is 23.3 Å². The first kappa shape index (κ1) is 19.7. The van der Waals surface area contributed by atoms with Crippen molar-refractivity contribution in [3.05, 3.63) is 36.5 Å². The largest absolute Gasteiger partial charge is 0.481 e. The van der Waals surface area contributed by atoms with Crippen LogP contribution in [0.4, 0.5) is 0 Å². The molecular weight excluding hydrogens is 288 g/mol. The molecule has 130 valence electrons. The molecule has 1 aliphatic heterocycles. The summed E-state index contributed by atoms with van der Waals surface area (Å²) in [5, 5.41) is 8.52. The molecule has 1 aliphatic rings. The second kappa shape index (κ2) is 13.1. The molecule has 3 heteroatoms. The van der Waals surface area contributed by atoms with Gasteiger partial charge in [0.1, 0.15) is 0 Å². The minimum Gasteiger partial charge on any atom is -0.481 e. The van der Waals surface area contributed by atoms with Gasteiger partial charge in [0.15, 0.2) is 0 Å². The predicted molar refractivity (Wildman–Crippen MR) is 95.6 cm³/mol. The van der Waals surface area contributed by atoms with Gasteiger partial charge in [0.05, 0.1) is 12.2 Å². The number of carboxylic acid groups (broad SMARTS) is 1. The molecule has 0 aromatic rings. The molecule has 0 spiro atoms. The number of carboxylic acids is 1. The maximum atomic E-state index is 10.3. The molecule has 1 heterocycles. The van der Waals surface area contributed by atoms with Gasteiger partial charge in [-0.2, -0.15) is 0 Å². The molecule has 1 fully saturated rings. The van der Waals surface area contributed by atoms with E-state index in [2.05, 4.69) is 43.4 Å². The van der Waals surface area contributed by atoms with E-state index in [1.54, 1.807) is 0 Å². The van der Waals surface area contributed by atoms with Crippen molar-refractivity contribution in [3.8, 4) is 0 Å². The smallest absolute Gasteiger partial charge is 0.303 e. The first-order valence-corrected chi connectivity index (χ1v) is 9.06. The van der Waals surface area contributed by atoms with E-state index in [4.69, 9.17) is 9.84 Å². The summed E-state index contributed by atoms with van der Waals surface area (Å²) >= 11 is 0. The molecule has 0 aromatic heterocycles. The standard InChI is InChI=1S/C20H32O3/c1-2-3-4-5-9-12-15-18-19(23-18)16-13-10-7-6-8-11-14-17-20(21)22/h6,8-10,12-13,18-19H,2-5,7,11,14-17H2,1H3,(H,21,22)/b8-6-,12-9-,13-10-/t18-,19-/m1/s1. The maximum Gasteiger partial charge on any atom is 0.303 e. The number of carbonyl (C=O) groups is 1. The highest BCUT2D eigenvalue weighted by molar-refractivity contribution is 5.66. The van der Waals surface area contributed by atoms with Crippen LogP contribution in [0.1, 0.15) is 71.1 Å². The fraction of sp³-hybridized carbons (Fsp3) is 0.650. The summed E-state index contributed by atoms with van der Waals surface area (Å²) in [6, 6.07) is 0. The zero-order valence-electron chi connectivity index (χ0n) is 14.5. The molecule has 0 aliphatic carbocycles. The normalized spacial score (nSPS) is 20.9. The van der Waals surface area contributed by atoms with Crippen LogP contribution in [0.5, 0.6) is 0 Å². The van der Waals surface area contributed by atoms with Crippen molar-refractivity contribution in [1.82, 2.24) is 0 Å². The molecule has 3 nitrogen and oxygen atoms in total. The van der Waals surface area contributed by atoms with E-state index in [1.807, 2.05) is 0 Å². The molecule has 0 aromatic carbocycles. The van der Waals surface area contributed by atoms with E-state index in [1.165, 1.54) is 25.7 Å². The molecule has 1 N–H and O–H groups in total. The summed E-state index contributed by atoms with van der Waals surface area (Å²) in [7, 11) is 0. The van der Waals surface area contributed by atoms with Crippen LogP contribution >= 0.6 is 0 Å². The summed E-state index contributed by atoms with van der Waals surface area (Å²) in [6.07, 6.45) is 23.8. The molecule has 2 atom stereocenters. The van der Waals surface area contributed by atoms with Gasteiger partial charge in [-0.25, -0.2) is 0 Å². The number of hydrogen-bond acceptors (Lipinski definition) is 2. The van der Waals surface area contributed by atoms with Gasteiger partial charge in [0.25, 0.3) is 0 Å². The van der Waals surface area contributed by atoms with Crippen molar-refractivity contribution in [1.29, 1.82) is 0 Å². The van der Waals surface area contributed by atoms with Gasteiger partial charge in [-0.1, -0.05) is 56.2 Å². The molecule has 1 saturated heterocycles. The summed E-state index contributed by atoms with van der Waals surface area (Å²) in [5.74, 6) is -0.715. The quantitative estimate of drug-likeness (QED) is 0.264. The highest BCUT2D eigenvalue weighted by atomic mass is 16.6. The van der Waals surface area contributed by atoms with Crippen LogP contribution < -0.4 is 0 Å². The van der Waals surface area contributed by atoms with Crippen molar-refractivity contribution in [2.45, 2.75) is 83.3 Å². The third kappa shape index (κ3) is 11.8. The molecule has 23 heavy (non-hydrogen) atoms. The Hall–Kier alpha value is -1.35. The first-order chi connectivity index (χ1) is 11.2. The van der Waals surface area contributed by atoms with Crippen molar-refractivity contribution < 1.29 is 14.6 Å². The van der Waals surface area contributed by atoms with Crippen molar-refractivity contribution in [2.24, 2.45) is 0 Å². The lowest BCUT2D eigenvalue weighted by molar-refractivity contribution is -0.137. The monoisotopic (exact) mass is 320 g/mol. The van der Waals surface area contributed by atoms with E-state index in [0.29, 0.717) is 12.2 Å². The van der Waals surface area contributed by atoms with Gasteiger partial charge < -0.3 is 9.84 Å². The number of aliphatic carboxylic acids is 1. The zero-order valence-corrected chi connectivity index (χ0v) is 14.5. The van der Waals surface area contributed by atoms with Crippen LogP contribution in [0, 0.1) is 0 Å². The molecule has 0 saturated carbocycles. The lowest BCUT2D eigenvalue weighted by Gasteiger charge is -1.91. The lowest BCUT2D eigenvalue weighted by atomic mass is 10.1. The highest BCUT2D eigenvalue weighted by Gasteiger charge is 2.35. The lowest BCUT2D eigenvalue weighted by Crippen LogP contribution is -1.92. The summed E-state index contributed by atoms with van der Waals surface area (Å²) in [6.45, 7) is 2.23. The maximum absolute atomic E-state index is 10.3. The van der Waals surface area contributed by atoms with Crippen LogP contribution in [0.3, 0.4) is 0 Å². The van der Waals surface area contributed by atoms with Crippen molar-refractivity contribution in [2.75, 3.05) is 0 Å². The average Bonchev–Trinajstić information content (AvgIpc) is 3.27. The van der Waals surface area contributed by atoms with Gasteiger partial charge in [0, 0.05) is 6.42 Å². The molecule has 1 rings (SSSR count). The fourth-order valence-corrected chi connectivity index (χ4v) is 2.44. The van der Waals surface area contributed by atoms with Crippen LogP contribution in [0.15, 0.2) is 36.5 Å². The van der Waals surface area contributed by atoms with E-state index in [0.717, 1.165) is 32.1 Å². The van der Waals surface area contributed by atoms with Crippen molar-refractivity contribution >= 4 is 5.97 Å². The van der Waals surface area contributed by atoms with Crippen molar-refractivity contribution in [3.63, 3.8) is 0 Å². The van der Waals surface area contributed by atoms with Gasteiger partial charge in [-0.3, -0.25) is 4.79 Å². The molecule has 0 radical (unpaired) electrons. The summed E-state index contributed by atoms with van der Waals surface area (Å²) in [4.78, 5) is 10.3. The van der Waals surface area contributed by atoms with Crippen LogP contribution in [0.25, 0.3) is 0 Å². The Morgan fingerprint density at radius 2 is 1.52 bits per heavy atom. The molecule has 0 unspecified atom stereocenters. The first-order valence-electron chi connectivity index (χ1n) is 9.06. The van der Waals surface area contributed by atoms with E-state index < -0.39 is 5.97 Å². The number of ether oxygens (including phenoxy) is 1. The Labute approximate surface area is 141 Å². The Balaban J connectivity index is 1.92. The Morgan fingerprint density at radius 3 is 2.22 bits per heavy atom. The van der Waals surface area contributed by atoms with Crippen LogP contribution in [0.2, 0.25) is 0 Å². The molecular formula is C20H32O3. The molecule has 0 bridgehead atoms. The predicted octanol–water partition coefficient (Wildman–Crippen LogP) is 5.43.